The minimum absolute atomic E-state index is 0.0293. The zero-order valence-corrected chi connectivity index (χ0v) is 14.4. The Hall–Kier alpha value is -2.30. The van der Waals surface area contributed by atoms with Gasteiger partial charge in [0.1, 0.15) is 0 Å². The molecule has 0 atom stereocenters. The zero-order chi connectivity index (χ0) is 17.0. The lowest BCUT2D eigenvalue weighted by Gasteiger charge is -2.09. The van der Waals surface area contributed by atoms with E-state index in [4.69, 9.17) is 5.73 Å². The molecule has 1 aromatic carbocycles. The molecule has 0 saturated carbocycles. The molecule has 0 radical (unpaired) electrons. The first kappa shape index (κ1) is 17.1. The summed E-state index contributed by atoms with van der Waals surface area (Å²) < 4.78 is 2.04. The van der Waals surface area contributed by atoms with Crippen LogP contribution in [0.15, 0.2) is 24.3 Å². The summed E-state index contributed by atoms with van der Waals surface area (Å²) in [6, 6.07) is 7.29. The molecule has 0 aliphatic carbocycles. The quantitative estimate of drug-likeness (QED) is 0.803. The Bertz CT molecular complexity index is 688. The molecule has 0 fully saturated rings. The Kier molecular flexibility index (Phi) is 5.42. The topological polar surface area (TPSA) is 72.9 Å². The summed E-state index contributed by atoms with van der Waals surface area (Å²) in [6.45, 7) is 9.33. The molecule has 23 heavy (non-hydrogen) atoms. The van der Waals surface area contributed by atoms with E-state index in [1.807, 2.05) is 29.8 Å². The van der Waals surface area contributed by atoms with Gasteiger partial charge in [-0.15, -0.1) is 0 Å². The van der Waals surface area contributed by atoms with E-state index in [-0.39, 0.29) is 5.91 Å². The van der Waals surface area contributed by atoms with E-state index in [9.17, 15) is 4.79 Å². The molecule has 1 aromatic heterocycles. The SMILES string of the molecule is Cc1nn(CC(C)C)c(C)c1CCC(=O)Nc1ccccc1N. The van der Waals surface area contributed by atoms with Crippen LogP contribution in [0, 0.1) is 19.8 Å². The molecule has 0 bridgehead atoms. The highest BCUT2D eigenvalue weighted by atomic mass is 16.1. The highest BCUT2D eigenvalue weighted by Crippen LogP contribution is 2.19. The minimum atomic E-state index is -0.0293. The van der Waals surface area contributed by atoms with Gasteiger partial charge in [0, 0.05) is 18.7 Å². The zero-order valence-electron chi connectivity index (χ0n) is 14.4. The predicted molar refractivity (Wildman–Crippen MR) is 94.3 cm³/mol. The largest absolute Gasteiger partial charge is 0.397 e. The van der Waals surface area contributed by atoms with E-state index < -0.39 is 0 Å². The number of hydrogen-bond donors (Lipinski definition) is 2. The second-order valence-electron chi connectivity index (χ2n) is 6.36. The number of benzene rings is 1. The van der Waals surface area contributed by atoms with Gasteiger partial charge in [-0.3, -0.25) is 9.48 Å². The van der Waals surface area contributed by atoms with Gasteiger partial charge in [0.2, 0.25) is 5.91 Å². The molecule has 5 heteroatoms. The summed E-state index contributed by atoms with van der Waals surface area (Å²) in [4.78, 5) is 12.2. The van der Waals surface area contributed by atoms with Gasteiger partial charge in [0.25, 0.3) is 0 Å². The number of nitrogens with one attached hydrogen (secondary N) is 1. The van der Waals surface area contributed by atoms with Crippen molar-refractivity contribution in [2.45, 2.75) is 47.1 Å². The van der Waals surface area contributed by atoms with Crippen LogP contribution in [0.5, 0.6) is 0 Å². The predicted octanol–water partition coefficient (Wildman–Crippen LogP) is 3.31. The standard InChI is InChI=1S/C18H26N4O/c1-12(2)11-22-14(4)15(13(3)21-22)9-10-18(23)20-17-8-6-5-7-16(17)19/h5-8,12H,9-11,19H2,1-4H3,(H,20,23). The van der Waals surface area contributed by atoms with Crippen molar-refractivity contribution >= 4 is 17.3 Å². The fourth-order valence-corrected chi connectivity index (χ4v) is 2.68. The van der Waals surface area contributed by atoms with E-state index in [1.165, 1.54) is 5.56 Å². The van der Waals surface area contributed by atoms with Gasteiger partial charge in [-0.05, 0) is 43.9 Å². The lowest BCUT2D eigenvalue weighted by atomic mass is 10.1. The van der Waals surface area contributed by atoms with Gasteiger partial charge in [-0.1, -0.05) is 26.0 Å². The third-order valence-corrected chi connectivity index (χ3v) is 3.91. The van der Waals surface area contributed by atoms with Gasteiger partial charge in [0.05, 0.1) is 17.1 Å². The second-order valence-corrected chi connectivity index (χ2v) is 6.36. The molecule has 0 saturated heterocycles. The number of para-hydroxylation sites is 2. The maximum Gasteiger partial charge on any atom is 0.224 e. The molecular formula is C18H26N4O. The van der Waals surface area contributed by atoms with Crippen molar-refractivity contribution in [3.05, 3.63) is 41.2 Å². The van der Waals surface area contributed by atoms with E-state index in [1.54, 1.807) is 6.07 Å². The van der Waals surface area contributed by atoms with Crippen LogP contribution in [0.25, 0.3) is 0 Å². The maximum atomic E-state index is 12.2. The molecule has 3 N–H and O–H groups in total. The number of carbonyl (C=O) groups is 1. The molecule has 1 amide bonds. The Balaban J connectivity index is 1.99. The van der Waals surface area contributed by atoms with Crippen LogP contribution in [0.1, 0.15) is 37.2 Å². The summed E-state index contributed by atoms with van der Waals surface area (Å²) in [5, 5.41) is 7.46. The average molecular weight is 314 g/mol. The van der Waals surface area contributed by atoms with Crippen molar-refractivity contribution < 1.29 is 4.79 Å². The highest BCUT2D eigenvalue weighted by Gasteiger charge is 2.14. The number of nitrogen functional groups attached to an aromatic ring is 1. The molecule has 0 aliphatic rings. The van der Waals surface area contributed by atoms with E-state index in [0.717, 1.165) is 17.9 Å². The fourth-order valence-electron chi connectivity index (χ4n) is 2.68. The number of anilines is 2. The lowest BCUT2D eigenvalue weighted by Crippen LogP contribution is -2.14. The molecular weight excluding hydrogens is 288 g/mol. The molecule has 124 valence electrons. The Morgan fingerprint density at radius 2 is 2.00 bits per heavy atom. The number of aromatic nitrogens is 2. The van der Waals surface area contributed by atoms with Crippen molar-refractivity contribution in [2.24, 2.45) is 5.92 Å². The number of carbonyl (C=O) groups excluding carboxylic acids is 1. The summed E-state index contributed by atoms with van der Waals surface area (Å²) >= 11 is 0. The van der Waals surface area contributed by atoms with Crippen LogP contribution >= 0.6 is 0 Å². The molecule has 5 nitrogen and oxygen atoms in total. The van der Waals surface area contributed by atoms with Crippen LogP contribution in [0.2, 0.25) is 0 Å². The van der Waals surface area contributed by atoms with Crippen molar-refractivity contribution in [3.63, 3.8) is 0 Å². The second kappa shape index (κ2) is 7.31. The monoisotopic (exact) mass is 314 g/mol. The van der Waals surface area contributed by atoms with Crippen LogP contribution < -0.4 is 11.1 Å². The number of rotatable bonds is 6. The van der Waals surface area contributed by atoms with Gasteiger partial charge in [0.15, 0.2) is 0 Å². The van der Waals surface area contributed by atoms with E-state index >= 15 is 0 Å². The molecule has 0 unspecified atom stereocenters. The number of nitrogens with two attached hydrogens (primary N) is 1. The van der Waals surface area contributed by atoms with Crippen molar-refractivity contribution in [1.82, 2.24) is 9.78 Å². The Labute approximate surface area is 137 Å². The van der Waals surface area contributed by atoms with Crippen LogP contribution in [0.3, 0.4) is 0 Å². The lowest BCUT2D eigenvalue weighted by molar-refractivity contribution is -0.116. The molecule has 1 heterocycles. The first-order chi connectivity index (χ1) is 10.9. The first-order valence-electron chi connectivity index (χ1n) is 8.05. The van der Waals surface area contributed by atoms with Crippen LogP contribution in [-0.2, 0) is 17.8 Å². The number of nitrogens with zero attached hydrogens (tertiary/aromatic N) is 2. The third kappa shape index (κ3) is 4.34. The first-order valence-corrected chi connectivity index (χ1v) is 8.05. The van der Waals surface area contributed by atoms with Gasteiger partial charge in [-0.2, -0.15) is 5.10 Å². The highest BCUT2D eigenvalue weighted by molar-refractivity contribution is 5.93. The van der Waals surface area contributed by atoms with E-state index in [2.05, 4.69) is 31.2 Å². The smallest absolute Gasteiger partial charge is 0.224 e. The third-order valence-electron chi connectivity index (χ3n) is 3.91. The average Bonchev–Trinajstić information content (AvgIpc) is 2.73. The molecule has 0 spiro atoms. The van der Waals surface area contributed by atoms with Crippen LogP contribution in [-0.4, -0.2) is 15.7 Å². The molecule has 0 aliphatic heterocycles. The van der Waals surface area contributed by atoms with Gasteiger partial charge >= 0.3 is 0 Å². The molecule has 2 rings (SSSR count). The Morgan fingerprint density at radius 1 is 1.30 bits per heavy atom. The minimum Gasteiger partial charge on any atom is -0.397 e. The van der Waals surface area contributed by atoms with Crippen LogP contribution in [0.4, 0.5) is 11.4 Å². The van der Waals surface area contributed by atoms with Crippen molar-refractivity contribution in [1.29, 1.82) is 0 Å². The maximum absolute atomic E-state index is 12.2. The van der Waals surface area contributed by atoms with Gasteiger partial charge in [-0.25, -0.2) is 0 Å². The summed E-state index contributed by atoms with van der Waals surface area (Å²) in [6.07, 6.45) is 1.11. The fraction of sp³-hybridized carbons (Fsp3) is 0.444. The van der Waals surface area contributed by atoms with E-state index in [0.29, 0.717) is 30.1 Å². The molecule has 2 aromatic rings. The number of aryl methyl sites for hydroxylation is 1. The number of hydrogen-bond acceptors (Lipinski definition) is 3. The van der Waals surface area contributed by atoms with Crippen molar-refractivity contribution in [2.75, 3.05) is 11.1 Å². The summed E-state index contributed by atoms with van der Waals surface area (Å²) in [7, 11) is 0. The summed E-state index contributed by atoms with van der Waals surface area (Å²) in [5.74, 6) is 0.517. The van der Waals surface area contributed by atoms with Crippen molar-refractivity contribution in [3.8, 4) is 0 Å². The summed E-state index contributed by atoms with van der Waals surface area (Å²) in [5.41, 5.74) is 10.4. The Morgan fingerprint density at radius 3 is 2.65 bits per heavy atom. The number of amides is 1. The van der Waals surface area contributed by atoms with Gasteiger partial charge < -0.3 is 11.1 Å². The normalized spacial score (nSPS) is 11.0.